The maximum absolute atomic E-state index is 4.55. The van der Waals surface area contributed by atoms with Gasteiger partial charge in [-0.2, -0.15) is 0 Å². The summed E-state index contributed by atoms with van der Waals surface area (Å²) in [6, 6.07) is 10.3. The molecule has 2 aromatic heterocycles. The number of likely N-dealkylation sites (N-methyl/N-ethyl adjacent to an activating group) is 1. The summed E-state index contributed by atoms with van der Waals surface area (Å²) in [7, 11) is 0. The minimum absolute atomic E-state index is 0.765. The fourth-order valence-electron chi connectivity index (χ4n) is 2.87. The maximum atomic E-state index is 4.55. The summed E-state index contributed by atoms with van der Waals surface area (Å²) in [5.74, 6) is 2.00. The van der Waals surface area contributed by atoms with Crippen LogP contribution in [0.1, 0.15) is 18.2 Å². The number of piperazine rings is 1. The van der Waals surface area contributed by atoms with Crippen LogP contribution in [0.25, 0.3) is 0 Å². The SMILES string of the molecule is CCN1CCN(c2cc(CNc3cccc(C)n3)ccn2)CC1. The van der Waals surface area contributed by atoms with E-state index < -0.39 is 0 Å². The van der Waals surface area contributed by atoms with Crippen molar-refractivity contribution in [2.75, 3.05) is 42.9 Å². The van der Waals surface area contributed by atoms with Crippen LogP contribution < -0.4 is 10.2 Å². The number of anilines is 2. The van der Waals surface area contributed by atoms with Crippen molar-refractivity contribution >= 4 is 11.6 Å². The molecule has 3 rings (SSSR count). The molecule has 5 heteroatoms. The Hall–Kier alpha value is -2.14. The first-order valence-corrected chi connectivity index (χ1v) is 8.34. The van der Waals surface area contributed by atoms with E-state index in [0.717, 1.165) is 56.6 Å². The smallest absolute Gasteiger partial charge is 0.128 e. The molecule has 0 atom stereocenters. The molecule has 0 unspecified atom stereocenters. The number of rotatable bonds is 5. The van der Waals surface area contributed by atoms with Gasteiger partial charge in [-0.25, -0.2) is 9.97 Å². The number of nitrogens with one attached hydrogen (secondary N) is 1. The van der Waals surface area contributed by atoms with Crippen molar-refractivity contribution in [3.63, 3.8) is 0 Å². The highest BCUT2D eigenvalue weighted by Gasteiger charge is 2.16. The summed E-state index contributed by atoms with van der Waals surface area (Å²) in [4.78, 5) is 13.9. The Bertz CT molecular complexity index is 635. The van der Waals surface area contributed by atoms with Crippen molar-refractivity contribution in [3.8, 4) is 0 Å². The van der Waals surface area contributed by atoms with Crippen molar-refractivity contribution in [2.45, 2.75) is 20.4 Å². The lowest BCUT2D eigenvalue weighted by Gasteiger charge is -2.34. The normalized spacial score (nSPS) is 15.7. The largest absolute Gasteiger partial charge is 0.366 e. The summed E-state index contributed by atoms with van der Waals surface area (Å²) in [5.41, 5.74) is 2.26. The highest BCUT2D eigenvalue weighted by atomic mass is 15.3. The van der Waals surface area contributed by atoms with Crippen molar-refractivity contribution in [1.29, 1.82) is 0 Å². The van der Waals surface area contributed by atoms with Crippen LogP contribution >= 0.6 is 0 Å². The van der Waals surface area contributed by atoms with Gasteiger partial charge in [0.05, 0.1) is 0 Å². The second-order valence-electron chi connectivity index (χ2n) is 5.96. The average Bonchev–Trinajstić information content (AvgIpc) is 2.60. The van der Waals surface area contributed by atoms with E-state index in [9.17, 15) is 0 Å². The summed E-state index contributed by atoms with van der Waals surface area (Å²) in [5, 5.41) is 3.38. The first kappa shape index (κ1) is 15.7. The molecule has 3 heterocycles. The Balaban J connectivity index is 1.61. The highest BCUT2D eigenvalue weighted by molar-refractivity contribution is 5.43. The Morgan fingerprint density at radius 1 is 1.13 bits per heavy atom. The summed E-state index contributed by atoms with van der Waals surface area (Å²) < 4.78 is 0. The van der Waals surface area contributed by atoms with E-state index in [1.165, 1.54) is 5.56 Å². The zero-order valence-corrected chi connectivity index (χ0v) is 14.0. The Kier molecular flexibility index (Phi) is 5.08. The molecular weight excluding hydrogens is 286 g/mol. The Labute approximate surface area is 138 Å². The van der Waals surface area contributed by atoms with E-state index in [2.05, 4.69) is 44.1 Å². The van der Waals surface area contributed by atoms with Crippen molar-refractivity contribution in [2.24, 2.45) is 0 Å². The van der Waals surface area contributed by atoms with Crippen LogP contribution in [0.2, 0.25) is 0 Å². The zero-order valence-electron chi connectivity index (χ0n) is 14.0. The van der Waals surface area contributed by atoms with Gasteiger partial charge in [-0.3, -0.25) is 0 Å². The number of hydrogen-bond donors (Lipinski definition) is 1. The fraction of sp³-hybridized carbons (Fsp3) is 0.444. The van der Waals surface area contributed by atoms with Gasteiger partial charge in [-0.05, 0) is 43.3 Å². The standard InChI is InChI=1S/C18H25N5/c1-3-22-9-11-23(12-10-22)18-13-16(7-8-19-18)14-20-17-6-4-5-15(2)21-17/h4-8,13H,3,9-12,14H2,1-2H3,(H,20,21). The molecule has 0 amide bonds. The second-order valence-corrected chi connectivity index (χ2v) is 5.96. The predicted octanol–water partition coefficient (Wildman–Crippen LogP) is 2.54. The van der Waals surface area contributed by atoms with Crippen LogP contribution in [-0.4, -0.2) is 47.6 Å². The number of aryl methyl sites for hydroxylation is 1. The maximum Gasteiger partial charge on any atom is 0.128 e. The lowest BCUT2D eigenvalue weighted by Crippen LogP contribution is -2.46. The van der Waals surface area contributed by atoms with Gasteiger partial charge < -0.3 is 15.1 Å². The molecule has 23 heavy (non-hydrogen) atoms. The van der Waals surface area contributed by atoms with Crippen LogP contribution in [0.4, 0.5) is 11.6 Å². The van der Waals surface area contributed by atoms with Gasteiger partial charge in [-0.1, -0.05) is 13.0 Å². The molecule has 1 N–H and O–H groups in total. The van der Waals surface area contributed by atoms with E-state index in [1.807, 2.05) is 31.3 Å². The number of pyridine rings is 2. The molecular formula is C18H25N5. The van der Waals surface area contributed by atoms with E-state index in [0.29, 0.717) is 0 Å². The number of nitrogens with zero attached hydrogens (tertiary/aromatic N) is 4. The summed E-state index contributed by atoms with van der Waals surface area (Å²) in [6.07, 6.45) is 1.90. The molecule has 1 aliphatic rings. The second kappa shape index (κ2) is 7.42. The third kappa shape index (κ3) is 4.20. The first-order chi connectivity index (χ1) is 11.2. The molecule has 2 aromatic rings. The van der Waals surface area contributed by atoms with Crippen LogP contribution in [0.3, 0.4) is 0 Å². The van der Waals surface area contributed by atoms with E-state index in [1.54, 1.807) is 0 Å². The molecule has 5 nitrogen and oxygen atoms in total. The van der Waals surface area contributed by atoms with Gasteiger partial charge >= 0.3 is 0 Å². The number of aromatic nitrogens is 2. The molecule has 0 bridgehead atoms. The molecule has 1 aliphatic heterocycles. The molecule has 0 aromatic carbocycles. The predicted molar refractivity (Wildman–Crippen MR) is 94.9 cm³/mol. The monoisotopic (exact) mass is 311 g/mol. The van der Waals surface area contributed by atoms with Gasteiger partial charge in [0, 0.05) is 44.6 Å². The molecule has 0 saturated carbocycles. The molecule has 0 radical (unpaired) electrons. The van der Waals surface area contributed by atoms with Crippen LogP contribution in [0, 0.1) is 6.92 Å². The van der Waals surface area contributed by atoms with Crippen molar-refractivity contribution < 1.29 is 0 Å². The lowest BCUT2D eigenvalue weighted by atomic mass is 10.2. The third-order valence-corrected chi connectivity index (χ3v) is 4.32. The zero-order chi connectivity index (χ0) is 16.1. The Morgan fingerprint density at radius 2 is 1.96 bits per heavy atom. The van der Waals surface area contributed by atoms with Crippen molar-refractivity contribution in [3.05, 3.63) is 47.8 Å². The average molecular weight is 311 g/mol. The summed E-state index contributed by atoms with van der Waals surface area (Å²) >= 11 is 0. The molecule has 1 saturated heterocycles. The lowest BCUT2D eigenvalue weighted by molar-refractivity contribution is 0.270. The van der Waals surface area contributed by atoms with Gasteiger partial charge in [0.1, 0.15) is 11.6 Å². The Morgan fingerprint density at radius 3 is 2.70 bits per heavy atom. The van der Waals surface area contributed by atoms with Gasteiger partial charge in [-0.15, -0.1) is 0 Å². The van der Waals surface area contributed by atoms with E-state index in [-0.39, 0.29) is 0 Å². The minimum atomic E-state index is 0.765. The van der Waals surface area contributed by atoms with Crippen LogP contribution in [0.5, 0.6) is 0 Å². The van der Waals surface area contributed by atoms with Gasteiger partial charge in [0.25, 0.3) is 0 Å². The van der Waals surface area contributed by atoms with Crippen LogP contribution in [-0.2, 0) is 6.54 Å². The quantitative estimate of drug-likeness (QED) is 0.919. The molecule has 0 spiro atoms. The highest BCUT2D eigenvalue weighted by Crippen LogP contribution is 2.16. The molecule has 122 valence electrons. The fourth-order valence-corrected chi connectivity index (χ4v) is 2.87. The topological polar surface area (TPSA) is 44.3 Å². The number of hydrogen-bond acceptors (Lipinski definition) is 5. The molecule has 1 fully saturated rings. The minimum Gasteiger partial charge on any atom is -0.366 e. The molecule has 0 aliphatic carbocycles. The third-order valence-electron chi connectivity index (χ3n) is 4.32. The van der Waals surface area contributed by atoms with Crippen LogP contribution in [0.15, 0.2) is 36.5 Å². The van der Waals surface area contributed by atoms with Gasteiger partial charge in [0.2, 0.25) is 0 Å². The van der Waals surface area contributed by atoms with E-state index >= 15 is 0 Å². The van der Waals surface area contributed by atoms with Gasteiger partial charge in [0.15, 0.2) is 0 Å². The van der Waals surface area contributed by atoms with Crippen molar-refractivity contribution in [1.82, 2.24) is 14.9 Å². The summed E-state index contributed by atoms with van der Waals surface area (Å²) in [6.45, 7) is 10.5. The van der Waals surface area contributed by atoms with E-state index in [4.69, 9.17) is 0 Å². The first-order valence-electron chi connectivity index (χ1n) is 8.34.